The van der Waals surface area contributed by atoms with Crippen molar-refractivity contribution in [1.29, 1.82) is 0 Å². The minimum atomic E-state index is -0.933. The van der Waals surface area contributed by atoms with E-state index in [1.165, 1.54) is 11.1 Å². The van der Waals surface area contributed by atoms with Gasteiger partial charge in [0.15, 0.2) is 0 Å². The molecule has 2 heterocycles. The van der Waals surface area contributed by atoms with Crippen LogP contribution in [0.1, 0.15) is 50.9 Å². The Morgan fingerprint density at radius 3 is 2.90 bits per heavy atom. The van der Waals surface area contributed by atoms with E-state index in [4.69, 9.17) is 0 Å². The molecule has 6 nitrogen and oxygen atoms in total. The van der Waals surface area contributed by atoms with E-state index in [9.17, 15) is 9.90 Å². The third-order valence-electron chi connectivity index (χ3n) is 5.80. The molecule has 0 saturated carbocycles. The first-order chi connectivity index (χ1) is 14.4. The van der Waals surface area contributed by atoms with Gasteiger partial charge in [-0.2, -0.15) is 0 Å². The number of nitrogens with zero attached hydrogens (tertiary/aromatic N) is 3. The fourth-order valence-electron chi connectivity index (χ4n) is 4.15. The third-order valence-corrected chi connectivity index (χ3v) is 6.56. The Bertz CT molecular complexity index is 1080. The number of rotatable bonds is 6. The Morgan fingerprint density at radius 2 is 2.17 bits per heavy atom. The summed E-state index contributed by atoms with van der Waals surface area (Å²) in [6.45, 7) is 4.55. The summed E-state index contributed by atoms with van der Waals surface area (Å²) in [7, 11) is 2.05. The number of pyridine rings is 1. The molecule has 0 saturated heterocycles. The summed E-state index contributed by atoms with van der Waals surface area (Å²) in [5.74, 6) is 0.382. The lowest BCUT2D eigenvalue weighted by molar-refractivity contribution is 0.0697. The summed E-state index contributed by atoms with van der Waals surface area (Å²) >= 11 is 1.66. The zero-order valence-electron chi connectivity index (χ0n) is 17.5. The van der Waals surface area contributed by atoms with Crippen LogP contribution in [0.4, 0.5) is 17.2 Å². The fourth-order valence-corrected chi connectivity index (χ4v) is 4.79. The van der Waals surface area contributed by atoms with Gasteiger partial charge in [-0.1, -0.05) is 6.07 Å². The van der Waals surface area contributed by atoms with Gasteiger partial charge in [-0.25, -0.2) is 9.78 Å². The number of carbonyl (C=O) groups is 1. The molecule has 3 aromatic rings. The second kappa shape index (κ2) is 8.44. The van der Waals surface area contributed by atoms with Crippen LogP contribution in [0.2, 0.25) is 0 Å². The molecule has 1 aromatic carbocycles. The Hall–Kier alpha value is -2.93. The molecule has 7 heteroatoms. The van der Waals surface area contributed by atoms with Crippen molar-refractivity contribution in [3.63, 3.8) is 0 Å². The largest absolute Gasteiger partial charge is 0.478 e. The summed E-state index contributed by atoms with van der Waals surface area (Å²) in [5.41, 5.74) is 5.45. The predicted octanol–water partition coefficient (Wildman–Crippen LogP) is 5.15. The Balaban J connectivity index is 1.54. The van der Waals surface area contributed by atoms with Crippen molar-refractivity contribution in [2.75, 3.05) is 23.8 Å². The zero-order chi connectivity index (χ0) is 21.3. The van der Waals surface area contributed by atoms with Crippen LogP contribution in [0, 0.1) is 13.8 Å². The van der Waals surface area contributed by atoms with Crippen LogP contribution in [0.3, 0.4) is 0 Å². The maximum Gasteiger partial charge on any atom is 0.337 e. The molecule has 1 aliphatic rings. The van der Waals surface area contributed by atoms with E-state index < -0.39 is 5.97 Å². The van der Waals surface area contributed by atoms with Gasteiger partial charge in [0.25, 0.3) is 0 Å². The summed E-state index contributed by atoms with van der Waals surface area (Å²) < 4.78 is 0. The van der Waals surface area contributed by atoms with Gasteiger partial charge in [0.2, 0.25) is 0 Å². The molecule has 2 aromatic heterocycles. The molecule has 0 amide bonds. The number of benzene rings is 1. The standard InChI is InChI=1S/C23H26N4O2S/c1-14-22(20(23(28)29)9-10-24-14)25-12-17-6-4-5-16-11-18(7-8-19(16)17)27(3)21-13-30-15(2)26-21/h7-11,13,17,25H,4-6,12H2,1-3H3,(H,28,29)/t17-/m0/s1. The number of aryl methyl sites for hydroxylation is 3. The van der Waals surface area contributed by atoms with E-state index in [1.807, 2.05) is 13.8 Å². The average molecular weight is 423 g/mol. The normalized spacial score (nSPS) is 15.5. The highest BCUT2D eigenvalue weighted by atomic mass is 32.1. The topological polar surface area (TPSA) is 78.4 Å². The summed E-state index contributed by atoms with van der Waals surface area (Å²) in [6.07, 6.45) is 4.82. The van der Waals surface area contributed by atoms with Gasteiger partial charge in [-0.3, -0.25) is 4.98 Å². The highest BCUT2D eigenvalue weighted by Gasteiger charge is 2.22. The van der Waals surface area contributed by atoms with Crippen molar-refractivity contribution in [3.8, 4) is 0 Å². The maximum atomic E-state index is 11.6. The second-order valence-electron chi connectivity index (χ2n) is 7.76. The SMILES string of the molecule is Cc1nc(N(C)c2ccc3c(c2)CCC[C@H]3CNc2c(C(=O)O)ccnc2C)cs1. The molecule has 0 aliphatic heterocycles. The number of fused-ring (bicyclic) bond motifs is 1. The van der Waals surface area contributed by atoms with Gasteiger partial charge >= 0.3 is 5.97 Å². The molecule has 0 radical (unpaired) electrons. The van der Waals surface area contributed by atoms with Crippen LogP contribution in [0.5, 0.6) is 0 Å². The quantitative estimate of drug-likeness (QED) is 0.572. The van der Waals surface area contributed by atoms with Crippen LogP contribution < -0.4 is 10.2 Å². The molecule has 2 N–H and O–H groups in total. The van der Waals surface area contributed by atoms with Gasteiger partial charge in [-0.05, 0) is 62.4 Å². The smallest absolute Gasteiger partial charge is 0.337 e. The summed E-state index contributed by atoms with van der Waals surface area (Å²) in [5, 5.41) is 16.0. The first-order valence-corrected chi connectivity index (χ1v) is 11.0. The lowest BCUT2D eigenvalue weighted by atomic mass is 9.82. The van der Waals surface area contributed by atoms with Crippen molar-refractivity contribution in [2.24, 2.45) is 0 Å². The predicted molar refractivity (Wildman–Crippen MR) is 121 cm³/mol. The van der Waals surface area contributed by atoms with Crippen molar-refractivity contribution >= 4 is 34.5 Å². The van der Waals surface area contributed by atoms with Crippen LogP contribution in [-0.2, 0) is 6.42 Å². The number of aromatic nitrogens is 2. The van der Waals surface area contributed by atoms with Crippen LogP contribution in [0.25, 0.3) is 0 Å². The van der Waals surface area contributed by atoms with Crippen LogP contribution >= 0.6 is 11.3 Å². The van der Waals surface area contributed by atoms with Gasteiger partial charge in [0, 0.05) is 36.8 Å². The van der Waals surface area contributed by atoms with E-state index in [1.54, 1.807) is 23.6 Å². The molecule has 4 rings (SSSR count). The second-order valence-corrected chi connectivity index (χ2v) is 8.82. The van der Waals surface area contributed by atoms with Crippen molar-refractivity contribution in [1.82, 2.24) is 9.97 Å². The lowest BCUT2D eigenvalue weighted by Gasteiger charge is -2.28. The number of anilines is 3. The molecule has 0 fully saturated rings. The molecular weight excluding hydrogens is 396 g/mol. The molecule has 1 atom stereocenters. The Labute approximate surface area is 180 Å². The molecule has 0 bridgehead atoms. The fraction of sp³-hybridized carbons (Fsp3) is 0.348. The third kappa shape index (κ3) is 4.03. The van der Waals surface area contributed by atoms with E-state index in [-0.39, 0.29) is 5.56 Å². The van der Waals surface area contributed by atoms with E-state index in [0.29, 0.717) is 23.8 Å². The van der Waals surface area contributed by atoms with Gasteiger partial charge < -0.3 is 15.3 Å². The zero-order valence-corrected chi connectivity index (χ0v) is 18.3. The summed E-state index contributed by atoms with van der Waals surface area (Å²) in [4.78, 5) is 22.5. The number of aromatic carboxylic acids is 1. The van der Waals surface area contributed by atoms with Gasteiger partial charge in [0.1, 0.15) is 5.82 Å². The highest BCUT2D eigenvalue weighted by molar-refractivity contribution is 7.09. The Kier molecular flexibility index (Phi) is 5.72. The molecule has 0 spiro atoms. The van der Waals surface area contributed by atoms with Gasteiger partial charge in [0.05, 0.1) is 22.0 Å². The molecule has 30 heavy (non-hydrogen) atoms. The number of thiazole rings is 1. The molecule has 0 unspecified atom stereocenters. The van der Waals surface area contributed by atoms with E-state index >= 15 is 0 Å². The number of hydrogen-bond acceptors (Lipinski definition) is 6. The number of hydrogen-bond donors (Lipinski definition) is 2. The number of nitrogens with one attached hydrogen (secondary N) is 1. The van der Waals surface area contributed by atoms with Crippen LogP contribution in [0.15, 0.2) is 35.8 Å². The molecular formula is C23H26N4O2S. The van der Waals surface area contributed by atoms with Crippen LogP contribution in [-0.4, -0.2) is 34.6 Å². The molecule has 156 valence electrons. The Morgan fingerprint density at radius 1 is 1.33 bits per heavy atom. The highest BCUT2D eigenvalue weighted by Crippen LogP contribution is 2.36. The van der Waals surface area contributed by atoms with E-state index in [2.05, 4.69) is 50.8 Å². The minimum Gasteiger partial charge on any atom is -0.478 e. The first kappa shape index (κ1) is 20.3. The average Bonchev–Trinajstić information content (AvgIpc) is 3.18. The lowest BCUT2D eigenvalue weighted by Crippen LogP contribution is -2.20. The van der Waals surface area contributed by atoms with Crippen molar-refractivity contribution in [3.05, 3.63) is 63.2 Å². The van der Waals surface area contributed by atoms with Crippen molar-refractivity contribution < 1.29 is 9.90 Å². The minimum absolute atomic E-state index is 0.272. The van der Waals surface area contributed by atoms with Gasteiger partial charge in [-0.15, -0.1) is 11.3 Å². The van der Waals surface area contributed by atoms with Crippen molar-refractivity contribution in [2.45, 2.75) is 39.0 Å². The number of carboxylic acids is 1. The monoisotopic (exact) mass is 422 g/mol. The number of carboxylic acid groups (broad SMARTS) is 1. The summed E-state index contributed by atoms with van der Waals surface area (Å²) in [6, 6.07) is 8.20. The molecule has 1 aliphatic carbocycles. The first-order valence-electron chi connectivity index (χ1n) is 10.2. The maximum absolute atomic E-state index is 11.6. The van der Waals surface area contributed by atoms with E-state index in [0.717, 1.165) is 35.8 Å².